The molecule has 2 rings (SSSR count). The molecule has 0 radical (unpaired) electrons. The molecule has 0 spiro atoms. The SMILES string of the molecule is Cc1cc(O)c(CNCC(C)(O)c2ccccc2)cc1C. The Kier molecular flexibility index (Phi) is 4.66. The molecule has 0 fully saturated rings. The Hall–Kier alpha value is -1.84. The average molecular weight is 285 g/mol. The van der Waals surface area contributed by atoms with Crippen LogP contribution in [0.5, 0.6) is 5.75 Å². The van der Waals surface area contributed by atoms with Gasteiger partial charge >= 0.3 is 0 Å². The number of aryl methyl sites for hydroxylation is 2. The maximum atomic E-state index is 10.5. The van der Waals surface area contributed by atoms with E-state index in [2.05, 4.69) is 5.32 Å². The molecule has 0 saturated carbocycles. The number of hydrogen-bond donors (Lipinski definition) is 3. The van der Waals surface area contributed by atoms with Crippen LogP contribution in [-0.2, 0) is 12.1 Å². The first-order chi connectivity index (χ1) is 9.90. The molecule has 0 aromatic heterocycles. The topological polar surface area (TPSA) is 52.5 Å². The van der Waals surface area contributed by atoms with Crippen molar-refractivity contribution in [2.75, 3.05) is 6.54 Å². The van der Waals surface area contributed by atoms with Crippen LogP contribution >= 0.6 is 0 Å². The van der Waals surface area contributed by atoms with Gasteiger partial charge in [0.2, 0.25) is 0 Å². The zero-order valence-corrected chi connectivity index (χ0v) is 12.9. The van der Waals surface area contributed by atoms with Crippen LogP contribution < -0.4 is 5.32 Å². The Morgan fingerprint density at radius 1 is 1.05 bits per heavy atom. The third-order valence-corrected chi connectivity index (χ3v) is 3.88. The zero-order chi connectivity index (χ0) is 15.5. The van der Waals surface area contributed by atoms with E-state index in [0.717, 1.165) is 22.3 Å². The fourth-order valence-electron chi connectivity index (χ4n) is 2.34. The van der Waals surface area contributed by atoms with Crippen molar-refractivity contribution >= 4 is 0 Å². The van der Waals surface area contributed by atoms with E-state index in [0.29, 0.717) is 18.8 Å². The maximum Gasteiger partial charge on any atom is 0.120 e. The van der Waals surface area contributed by atoms with Gasteiger partial charge < -0.3 is 15.5 Å². The van der Waals surface area contributed by atoms with Crippen molar-refractivity contribution in [2.24, 2.45) is 0 Å². The highest BCUT2D eigenvalue weighted by molar-refractivity contribution is 5.40. The second-order valence-electron chi connectivity index (χ2n) is 5.81. The second-order valence-corrected chi connectivity index (χ2v) is 5.81. The van der Waals surface area contributed by atoms with Crippen LogP contribution in [-0.4, -0.2) is 16.8 Å². The molecule has 0 aliphatic rings. The Labute approximate surface area is 126 Å². The highest BCUT2D eigenvalue weighted by Crippen LogP contribution is 2.23. The van der Waals surface area contributed by atoms with Gasteiger partial charge in [-0.3, -0.25) is 0 Å². The number of phenolic OH excluding ortho intramolecular Hbond substituents is 1. The van der Waals surface area contributed by atoms with Gasteiger partial charge in [-0.15, -0.1) is 0 Å². The van der Waals surface area contributed by atoms with Crippen molar-refractivity contribution in [2.45, 2.75) is 32.9 Å². The summed E-state index contributed by atoms with van der Waals surface area (Å²) < 4.78 is 0. The molecule has 0 amide bonds. The van der Waals surface area contributed by atoms with E-state index in [9.17, 15) is 10.2 Å². The van der Waals surface area contributed by atoms with Crippen LogP contribution in [0.4, 0.5) is 0 Å². The van der Waals surface area contributed by atoms with Crippen molar-refractivity contribution < 1.29 is 10.2 Å². The number of hydrogen-bond acceptors (Lipinski definition) is 3. The zero-order valence-electron chi connectivity index (χ0n) is 12.9. The molecule has 3 heteroatoms. The second kappa shape index (κ2) is 6.29. The number of aromatic hydroxyl groups is 1. The molecule has 3 N–H and O–H groups in total. The Morgan fingerprint density at radius 3 is 2.33 bits per heavy atom. The van der Waals surface area contributed by atoms with Gasteiger partial charge in [-0.25, -0.2) is 0 Å². The summed E-state index contributed by atoms with van der Waals surface area (Å²) in [6.07, 6.45) is 0. The predicted molar refractivity (Wildman–Crippen MR) is 85.3 cm³/mol. The lowest BCUT2D eigenvalue weighted by molar-refractivity contribution is 0.0566. The molecule has 3 nitrogen and oxygen atoms in total. The van der Waals surface area contributed by atoms with Crippen LogP contribution in [0.3, 0.4) is 0 Å². The minimum atomic E-state index is -0.934. The first-order valence-electron chi connectivity index (χ1n) is 7.18. The summed E-state index contributed by atoms with van der Waals surface area (Å²) in [6, 6.07) is 13.3. The van der Waals surface area contributed by atoms with E-state index in [4.69, 9.17) is 0 Å². The molecule has 2 aromatic carbocycles. The molecular weight excluding hydrogens is 262 g/mol. The van der Waals surface area contributed by atoms with E-state index in [1.807, 2.05) is 50.2 Å². The molecule has 0 aliphatic heterocycles. The third-order valence-electron chi connectivity index (χ3n) is 3.88. The fraction of sp³-hybridized carbons (Fsp3) is 0.333. The van der Waals surface area contributed by atoms with E-state index in [-0.39, 0.29) is 0 Å². The molecular formula is C18H23NO2. The van der Waals surface area contributed by atoms with Crippen LogP contribution in [0.15, 0.2) is 42.5 Å². The summed E-state index contributed by atoms with van der Waals surface area (Å²) >= 11 is 0. The summed E-state index contributed by atoms with van der Waals surface area (Å²) in [5.41, 5.74) is 3.02. The molecule has 1 atom stereocenters. The number of benzene rings is 2. The molecule has 0 bridgehead atoms. The van der Waals surface area contributed by atoms with Crippen molar-refractivity contribution in [3.63, 3.8) is 0 Å². The standard InChI is InChI=1S/C18H23NO2/c1-13-9-15(17(20)10-14(13)2)11-19-12-18(3,21)16-7-5-4-6-8-16/h4-10,19-21H,11-12H2,1-3H3. The number of phenols is 1. The van der Waals surface area contributed by atoms with Gasteiger partial charge in [-0.05, 0) is 43.5 Å². The Bertz CT molecular complexity index is 606. The van der Waals surface area contributed by atoms with Crippen molar-refractivity contribution in [3.05, 3.63) is 64.7 Å². The van der Waals surface area contributed by atoms with Gasteiger partial charge in [0.15, 0.2) is 0 Å². The van der Waals surface area contributed by atoms with Gasteiger partial charge in [0.05, 0.1) is 5.60 Å². The summed E-state index contributed by atoms with van der Waals surface area (Å²) in [7, 11) is 0. The fourth-order valence-corrected chi connectivity index (χ4v) is 2.34. The predicted octanol–water partition coefficient (Wildman–Crippen LogP) is 3.01. The normalized spacial score (nSPS) is 13.9. The van der Waals surface area contributed by atoms with E-state index in [1.165, 1.54) is 0 Å². The summed E-state index contributed by atoms with van der Waals surface area (Å²) in [5, 5.41) is 23.7. The lowest BCUT2D eigenvalue weighted by Crippen LogP contribution is -2.35. The third kappa shape index (κ3) is 3.84. The van der Waals surface area contributed by atoms with Gasteiger partial charge in [-0.1, -0.05) is 36.4 Å². The van der Waals surface area contributed by atoms with Crippen molar-refractivity contribution in [3.8, 4) is 5.75 Å². The van der Waals surface area contributed by atoms with E-state index in [1.54, 1.807) is 13.0 Å². The van der Waals surface area contributed by atoms with Crippen LogP contribution in [0.1, 0.15) is 29.2 Å². The number of nitrogens with one attached hydrogen (secondary N) is 1. The smallest absolute Gasteiger partial charge is 0.120 e. The van der Waals surface area contributed by atoms with E-state index < -0.39 is 5.60 Å². The van der Waals surface area contributed by atoms with Crippen molar-refractivity contribution in [1.82, 2.24) is 5.32 Å². The first-order valence-corrected chi connectivity index (χ1v) is 7.18. The van der Waals surface area contributed by atoms with Gasteiger partial charge in [0, 0.05) is 18.7 Å². The van der Waals surface area contributed by atoms with Gasteiger partial charge in [0.1, 0.15) is 5.75 Å². The molecule has 21 heavy (non-hydrogen) atoms. The highest BCUT2D eigenvalue weighted by Gasteiger charge is 2.22. The molecule has 1 unspecified atom stereocenters. The first kappa shape index (κ1) is 15.5. The van der Waals surface area contributed by atoms with Gasteiger partial charge in [0.25, 0.3) is 0 Å². The Morgan fingerprint density at radius 2 is 1.67 bits per heavy atom. The van der Waals surface area contributed by atoms with Crippen LogP contribution in [0.25, 0.3) is 0 Å². The largest absolute Gasteiger partial charge is 0.508 e. The Balaban J connectivity index is 2.00. The average Bonchev–Trinajstić information content (AvgIpc) is 2.45. The molecule has 0 aliphatic carbocycles. The monoisotopic (exact) mass is 285 g/mol. The minimum Gasteiger partial charge on any atom is -0.508 e. The van der Waals surface area contributed by atoms with Crippen LogP contribution in [0.2, 0.25) is 0 Å². The minimum absolute atomic E-state index is 0.296. The highest BCUT2D eigenvalue weighted by atomic mass is 16.3. The maximum absolute atomic E-state index is 10.5. The number of aliphatic hydroxyl groups is 1. The number of rotatable bonds is 5. The van der Waals surface area contributed by atoms with Crippen LogP contribution in [0, 0.1) is 13.8 Å². The lowest BCUT2D eigenvalue weighted by Gasteiger charge is -2.24. The molecule has 0 heterocycles. The summed E-state index contributed by atoms with van der Waals surface area (Å²) in [5.74, 6) is 0.296. The van der Waals surface area contributed by atoms with E-state index >= 15 is 0 Å². The van der Waals surface area contributed by atoms with Gasteiger partial charge in [-0.2, -0.15) is 0 Å². The van der Waals surface area contributed by atoms with Crippen molar-refractivity contribution in [1.29, 1.82) is 0 Å². The lowest BCUT2D eigenvalue weighted by atomic mass is 9.96. The summed E-state index contributed by atoms with van der Waals surface area (Å²) in [6.45, 7) is 6.74. The quantitative estimate of drug-likeness (QED) is 0.791. The summed E-state index contributed by atoms with van der Waals surface area (Å²) in [4.78, 5) is 0. The molecule has 0 saturated heterocycles. The molecule has 2 aromatic rings. The molecule has 112 valence electrons.